The van der Waals surface area contributed by atoms with Gasteiger partial charge in [-0.1, -0.05) is 0 Å². The molecular weight excluding hydrogens is 475 g/mol. The van der Waals surface area contributed by atoms with Crippen LogP contribution in [-0.4, -0.2) is 43.1 Å². The van der Waals surface area contributed by atoms with Gasteiger partial charge in [0.05, 0.1) is 10.3 Å². The maximum Gasteiger partial charge on any atom is 0.191 e. The smallest absolute Gasteiger partial charge is 0.191 e. The summed E-state index contributed by atoms with van der Waals surface area (Å²) in [7, 11) is 1.84. The minimum Gasteiger partial charge on any atom is -0.354 e. The summed E-state index contributed by atoms with van der Waals surface area (Å²) >= 11 is 5.25. The lowest BCUT2D eigenvalue weighted by atomic mass is 10.0. The third-order valence-electron chi connectivity index (χ3n) is 3.88. The van der Waals surface area contributed by atoms with Crippen molar-refractivity contribution in [3.63, 3.8) is 0 Å². The number of hydrogen-bond donors (Lipinski definition) is 2. The molecule has 126 valence electrons. The predicted molar refractivity (Wildman–Crippen MR) is 110 cm³/mol. The molecule has 4 nitrogen and oxygen atoms in total. The maximum absolute atomic E-state index is 4.33. The molecule has 2 heterocycles. The SMILES string of the molecule is CN=C(NCc1ccc(Br)s1)NC1CCN(C(C)C)CC1.I. The summed E-state index contributed by atoms with van der Waals surface area (Å²) in [5.41, 5.74) is 0. The summed E-state index contributed by atoms with van der Waals surface area (Å²) in [6.45, 7) is 7.70. The van der Waals surface area contributed by atoms with E-state index in [0.717, 1.165) is 12.5 Å². The molecule has 0 spiro atoms. The molecule has 0 aliphatic carbocycles. The lowest BCUT2D eigenvalue weighted by Gasteiger charge is -2.35. The Balaban J connectivity index is 0.00000242. The van der Waals surface area contributed by atoms with Crippen LogP contribution in [0.15, 0.2) is 20.9 Å². The molecule has 1 aromatic heterocycles. The fraction of sp³-hybridized carbons (Fsp3) is 0.667. The molecule has 2 N–H and O–H groups in total. The highest BCUT2D eigenvalue weighted by Crippen LogP contribution is 2.21. The summed E-state index contributed by atoms with van der Waals surface area (Å²) in [6, 6.07) is 5.40. The van der Waals surface area contributed by atoms with Crippen LogP contribution in [-0.2, 0) is 6.54 Å². The quantitative estimate of drug-likeness (QED) is 0.376. The van der Waals surface area contributed by atoms with E-state index in [0.29, 0.717) is 12.1 Å². The second kappa shape index (κ2) is 10.1. The minimum atomic E-state index is 0. The number of rotatable bonds is 4. The number of aliphatic imine (C=N–C) groups is 1. The molecule has 22 heavy (non-hydrogen) atoms. The first-order valence-electron chi connectivity index (χ1n) is 7.54. The average Bonchev–Trinajstić information content (AvgIpc) is 2.89. The molecule has 0 atom stereocenters. The molecular formula is C15H26BrIN4S. The summed E-state index contributed by atoms with van der Waals surface area (Å²) in [5.74, 6) is 0.905. The van der Waals surface area contributed by atoms with Crippen molar-refractivity contribution in [3.8, 4) is 0 Å². The Morgan fingerprint density at radius 2 is 2.09 bits per heavy atom. The second-order valence-corrected chi connectivity index (χ2v) is 8.23. The van der Waals surface area contributed by atoms with Crippen LogP contribution >= 0.6 is 51.2 Å². The Morgan fingerprint density at radius 3 is 2.59 bits per heavy atom. The van der Waals surface area contributed by atoms with Gasteiger partial charge in [-0.3, -0.25) is 4.99 Å². The lowest BCUT2D eigenvalue weighted by molar-refractivity contribution is 0.167. The van der Waals surface area contributed by atoms with Gasteiger partial charge < -0.3 is 15.5 Å². The van der Waals surface area contributed by atoms with Gasteiger partial charge in [-0.05, 0) is 54.8 Å². The minimum absolute atomic E-state index is 0. The Labute approximate surface area is 163 Å². The number of nitrogens with one attached hydrogen (secondary N) is 2. The molecule has 0 radical (unpaired) electrons. The highest BCUT2D eigenvalue weighted by atomic mass is 127. The van der Waals surface area contributed by atoms with Crippen LogP contribution in [0.4, 0.5) is 0 Å². The molecule has 0 unspecified atom stereocenters. The normalized spacial score (nSPS) is 17.4. The van der Waals surface area contributed by atoms with Gasteiger partial charge in [0.15, 0.2) is 5.96 Å². The highest BCUT2D eigenvalue weighted by molar-refractivity contribution is 14.0. The zero-order valence-electron chi connectivity index (χ0n) is 13.4. The van der Waals surface area contributed by atoms with Crippen molar-refractivity contribution in [3.05, 3.63) is 20.8 Å². The Kier molecular flexibility index (Phi) is 9.27. The van der Waals surface area contributed by atoms with Gasteiger partial charge in [0.1, 0.15) is 0 Å². The van der Waals surface area contributed by atoms with Crippen molar-refractivity contribution in [2.45, 2.75) is 45.3 Å². The predicted octanol–water partition coefficient (Wildman–Crippen LogP) is 3.67. The third-order valence-corrected chi connectivity index (χ3v) is 5.51. The Hall–Kier alpha value is 0.140. The van der Waals surface area contributed by atoms with E-state index in [1.165, 1.54) is 34.6 Å². The van der Waals surface area contributed by atoms with Crippen LogP contribution in [0.5, 0.6) is 0 Å². The first kappa shape index (κ1) is 20.2. The summed E-state index contributed by atoms with van der Waals surface area (Å²) in [5, 5.41) is 6.94. The molecule has 0 bridgehead atoms. The van der Waals surface area contributed by atoms with E-state index in [-0.39, 0.29) is 24.0 Å². The summed E-state index contributed by atoms with van der Waals surface area (Å²) < 4.78 is 1.17. The Morgan fingerprint density at radius 1 is 1.41 bits per heavy atom. The van der Waals surface area contributed by atoms with Crippen LogP contribution in [0.3, 0.4) is 0 Å². The lowest BCUT2D eigenvalue weighted by Crippen LogP contribution is -2.49. The van der Waals surface area contributed by atoms with Gasteiger partial charge in [-0.25, -0.2) is 0 Å². The molecule has 7 heteroatoms. The molecule has 1 fully saturated rings. The number of guanidine groups is 1. The topological polar surface area (TPSA) is 39.7 Å². The van der Waals surface area contributed by atoms with Crippen LogP contribution in [0.25, 0.3) is 0 Å². The van der Waals surface area contributed by atoms with Gasteiger partial charge >= 0.3 is 0 Å². The first-order valence-corrected chi connectivity index (χ1v) is 9.15. The van der Waals surface area contributed by atoms with Crippen LogP contribution in [0.2, 0.25) is 0 Å². The van der Waals surface area contributed by atoms with Crippen molar-refractivity contribution in [1.29, 1.82) is 0 Å². The van der Waals surface area contributed by atoms with E-state index in [9.17, 15) is 0 Å². The molecule has 1 aliphatic heterocycles. The molecule has 0 saturated carbocycles. The molecule has 1 aromatic rings. The van der Waals surface area contributed by atoms with E-state index in [1.807, 2.05) is 7.05 Å². The van der Waals surface area contributed by atoms with Crippen molar-refractivity contribution in [1.82, 2.24) is 15.5 Å². The van der Waals surface area contributed by atoms with Crippen molar-refractivity contribution < 1.29 is 0 Å². The van der Waals surface area contributed by atoms with Crippen LogP contribution in [0, 0.1) is 0 Å². The highest BCUT2D eigenvalue weighted by Gasteiger charge is 2.21. The van der Waals surface area contributed by atoms with Gasteiger partial charge in [0, 0.05) is 37.1 Å². The monoisotopic (exact) mass is 500 g/mol. The van der Waals surface area contributed by atoms with Crippen LogP contribution < -0.4 is 10.6 Å². The standard InChI is InChI=1S/C15H25BrN4S.HI/c1-11(2)20-8-6-12(7-9-20)19-15(17-3)18-10-13-4-5-14(16)21-13;/h4-5,11-12H,6-10H2,1-3H3,(H2,17,18,19);1H. The number of hydrogen-bond acceptors (Lipinski definition) is 3. The fourth-order valence-electron chi connectivity index (χ4n) is 2.57. The largest absolute Gasteiger partial charge is 0.354 e. The Bertz CT molecular complexity index is 470. The van der Waals surface area contributed by atoms with Crippen molar-refractivity contribution >= 4 is 57.2 Å². The second-order valence-electron chi connectivity index (χ2n) is 5.68. The number of nitrogens with zero attached hydrogens (tertiary/aromatic N) is 2. The third kappa shape index (κ3) is 6.33. The van der Waals surface area contributed by atoms with Crippen molar-refractivity contribution in [2.24, 2.45) is 4.99 Å². The van der Waals surface area contributed by atoms with Gasteiger partial charge in [0.2, 0.25) is 0 Å². The fourth-order valence-corrected chi connectivity index (χ4v) is 3.99. The molecule has 1 saturated heterocycles. The van der Waals surface area contributed by atoms with Gasteiger partial charge in [-0.15, -0.1) is 35.3 Å². The summed E-state index contributed by atoms with van der Waals surface area (Å²) in [6.07, 6.45) is 2.37. The number of thiophene rings is 1. The number of piperidine rings is 1. The zero-order valence-corrected chi connectivity index (χ0v) is 18.2. The maximum atomic E-state index is 4.33. The average molecular weight is 501 g/mol. The van der Waals surface area contributed by atoms with E-state index >= 15 is 0 Å². The zero-order chi connectivity index (χ0) is 15.2. The van der Waals surface area contributed by atoms with Gasteiger partial charge in [0.25, 0.3) is 0 Å². The van der Waals surface area contributed by atoms with E-state index in [2.05, 4.69) is 62.4 Å². The first-order chi connectivity index (χ1) is 10.1. The molecule has 0 aromatic carbocycles. The van der Waals surface area contributed by atoms with E-state index < -0.39 is 0 Å². The number of likely N-dealkylation sites (tertiary alicyclic amines) is 1. The number of halogens is 2. The van der Waals surface area contributed by atoms with Gasteiger partial charge in [-0.2, -0.15) is 0 Å². The van der Waals surface area contributed by atoms with Crippen LogP contribution in [0.1, 0.15) is 31.6 Å². The van der Waals surface area contributed by atoms with E-state index in [1.54, 1.807) is 11.3 Å². The van der Waals surface area contributed by atoms with Crippen molar-refractivity contribution in [2.75, 3.05) is 20.1 Å². The summed E-state index contributed by atoms with van der Waals surface area (Å²) in [4.78, 5) is 8.18. The van der Waals surface area contributed by atoms with E-state index in [4.69, 9.17) is 0 Å². The molecule has 1 aliphatic rings. The molecule has 2 rings (SSSR count). The molecule has 0 amide bonds.